The Morgan fingerprint density at radius 1 is 1.00 bits per heavy atom. The van der Waals surface area contributed by atoms with Crippen LogP contribution in [0.2, 0.25) is 10.0 Å². The van der Waals surface area contributed by atoms with Gasteiger partial charge in [-0.3, -0.25) is 9.59 Å². The zero-order valence-electron chi connectivity index (χ0n) is 8.50. The maximum Gasteiger partial charge on any atom is 0.140 e. The van der Waals surface area contributed by atoms with E-state index in [4.69, 9.17) is 23.2 Å². The Bertz CT molecular complexity index is 418. The van der Waals surface area contributed by atoms with Crippen molar-refractivity contribution in [2.24, 2.45) is 0 Å². The van der Waals surface area contributed by atoms with Crippen LogP contribution in [0.4, 0.5) is 0 Å². The monoisotopic (exact) mass is 256 g/mol. The summed E-state index contributed by atoms with van der Waals surface area (Å²) >= 11 is 12.1. The molecular formula is C12H10Cl2O2. The predicted octanol–water partition coefficient (Wildman–Crippen LogP) is 3.40. The molecule has 0 amide bonds. The van der Waals surface area contributed by atoms with Crippen LogP contribution in [-0.2, 0) is 9.59 Å². The molecule has 2 nitrogen and oxygen atoms in total. The summed E-state index contributed by atoms with van der Waals surface area (Å²) in [5, 5.41) is 1.06. The normalized spacial score (nSPS) is 17.9. The van der Waals surface area contributed by atoms with Crippen LogP contribution in [-0.4, -0.2) is 11.6 Å². The number of benzene rings is 1. The smallest absolute Gasteiger partial charge is 0.140 e. The van der Waals surface area contributed by atoms with E-state index in [0.29, 0.717) is 22.9 Å². The molecule has 2 rings (SSSR count). The lowest BCUT2D eigenvalue weighted by Gasteiger charge is -2.22. The van der Waals surface area contributed by atoms with E-state index in [2.05, 4.69) is 0 Å². The van der Waals surface area contributed by atoms with Gasteiger partial charge in [0.15, 0.2) is 0 Å². The first-order chi connectivity index (χ1) is 7.58. The number of carbonyl (C=O) groups excluding carboxylic acids is 2. The van der Waals surface area contributed by atoms with Gasteiger partial charge in [0.05, 0.1) is 6.42 Å². The van der Waals surface area contributed by atoms with Crippen molar-refractivity contribution in [2.75, 3.05) is 0 Å². The zero-order valence-corrected chi connectivity index (χ0v) is 10.0. The standard InChI is InChI=1S/C12H10Cl2O2/c13-10-2-1-3-11(14)12(10)7-4-8(15)6-9(16)5-7/h1-3,7H,4-6H2. The van der Waals surface area contributed by atoms with E-state index in [-0.39, 0.29) is 23.9 Å². The first kappa shape index (κ1) is 11.6. The first-order valence-corrected chi connectivity index (χ1v) is 5.81. The molecule has 1 fully saturated rings. The number of ketones is 2. The van der Waals surface area contributed by atoms with Crippen molar-refractivity contribution in [3.8, 4) is 0 Å². The molecule has 1 aromatic rings. The van der Waals surface area contributed by atoms with Gasteiger partial charge in [0.25, 0.3) is 0 Å². The fourth-order valence-corrected chi connectivity index (χ4v) is 2.80. The van der Waals surface area contributed by atoms with Crippen molar-refractivity contribution in [3.05, 3.63) is 33.8 Å². The maximum atomic E-state index is 11.4. The summed E-state index contributed by atoms with van der Waals surface area (Å²) in [6.45, 7) is 0. The van der Waals surface area contributed by atoms with E-state index < -0.39 is 0 Å². The van der Waals surface area contributed by atoms with E-state index in [1.807, 2.05) is 0 Å². The summed E-state index contributed by atoms with van der Waals surface area (Å²) in [5.41, 5.74) is 0.729. The summed E-state index contributed by atoms with van der Waals surface area (Å²) < 4.78 is 0. The lowest BCUT2D eigenvalue weighted by atomic mass is 9.82. The van der Waals surface area contributed by atoms with Crippen LogP contribution in [0.3, 0.4) is 0 Å². The molecule has 0 bridgehead atoms. The Morgan fingerprint density at radius 2 is 1.50 bits per heavy atom. The molecule has 0 atom stereocenters. The van der Waals surface area contributed by atoms with Gasteiger partial charge in [-0.25, -0.2) is 0 Å². The fourth-order valence-electron chi connectivity index (χ4n) is 2.09. The molecular weight excluding hydrogens is 247 g/mol. The van der Waals surface area contributed by atoms with E-state index in [0.717, 1.165) is 5.56 Å². The molecule has 1 saturated carbocycles. The van der Waals surface area contributed by atoms with Gasteiger partial charge < -0.3 is 0 Å². The predicted molar refractivity (Wildman–Crippen MR) is 63.1 cm³/mol. The Labute approximate surface area is 104 Å². The van der Waals surface area contributed by atoms with Crippen LogP contribution in [0.15, 0.2) is 18.2 Å². The maximum absolute atomic E-state index is 11.4. The van der Waals surface area contributed by atoms with E-state index in [9.17, 15) is 9.59 Å². The van der Waals surface area contributed by atoms with Gasteiger partial charge in [0.1, 0.15) is 11.6 Å². The third-order valence-electron chi connectivity index (χ3n) is 2.75. The quantitative estimate of drug-likeness (QED) is 0.722. The van der Waals surface area contributed by atoms with Gasteiger partial charge in [-0.05, 0) is 17.7 Å². The molecule has 0 aliphatic heterocycles. The third-order valence-corrected chi connectivity index (χ3v) is 3.41. The van der Waals surface area contributed by atoms with Gasteiger partial charge in [-0.1, -0.05) is 29.3 Å². The average Bonchev–Trinajstić information content (AvgIpc) is 2.15. The van der Waals surface area contributed by atoms with Crippen molar-refractivity contribution in [1.82, 2.24) is 0 Å². The first-order valence-electron chi connectivity index (χ1n) is 5.05. The molecule has 1 aromatic carbocycles. The summed E-state index contributed by atoms with van der Waals surface area (Å²) in [7, 11) is 0. The number of rotatable bonds is 1. The molecule has 4 heteroatoms. The van der Waals surface area contributed by atoms with Crippen LogP contribution >= 0.6 is 23.2 Å². The summed E-state index contributed by atoms with van der Waals surface area (Å²) in [5.74, 6) is -0.218. The van der Waals surface area contributed by atoms with Crippen LogP contribution in [0.1, 0.15) is 30.7 Å². The Balaban J connectivity index is 2.36. The second kappa shape index (κ2) is 4.56. The van der Waals surface area contributed by atoms with Gasteiger partial charge in [-0.2, -0.15) is 0 Å². The van der Waals surface area contributed by atoms with Crippen LogP contribution < -0.4 is 0 Å². The molecule has 0 aromatic heterocycles. The lowest BCUT2D eigenvalue weighted by Crippen LogP contribution is -2.21. The Kier molecular flexibility index (Phi) is 3.31. The average molecular weight is 257 g/mol. The number of hydrogen-bond donors (Lipinski definition) is 0. The zero-order chi connectivity index (χ0) is 11.7. The SMILES string of the molecule is O=C1CC(=O)CC(c2c(Cl)cccc2Cl)C1. The van der Waals surface area contributed by atoms with E-state index in [1.54, 1.807) is 18.2 Å². The van der Waals surface area contributed by atoms with Crippen molar-refractivity contribution in [3.63, 3.8) is 0 Å². The second-order valence-corrected chi connectivity index (χ2v) is 4.81. The third kappa shape index (κ3) is 2.28. The van der Waals surface area contributed by atoms with Gasteiger partial charge >= 0.3 is 0 Å². The minimum Gasteiger partial charge on any atom is -0.299 e. The summed E-state index contributed by atoms with van der Waals surface area (Å²) in [4.78, 5) is 22.7. The summed E-state index contributed by atoms with van der Waals surface area (Å²) in [6, 6.07) is 5.21. The van der Waals surface area contributed by atoms with Crippen LogP contribution in [0, 0.1) is 0 Å². The van der Waals surface area contributed by atoms with Crippen LogP contribution in [0.5, 0.6) is 0 Å². The topological polar surface area (TPSA) is 34.1 Å². The molecule has 1 aliphatic rings. The molecule has 84 valence electrons. The molecule has 16 heavy (non-hydrogen) atoms. The largest absolute Gasteiger partial charge is 0.299 e. The van der Waals surface area contributed by atoms with Gasteiger partial charge in [-0.15, -0.1) is 0 Å². The van der Waals surface area contributed by atoms with Gasteiger partial charge in [0, 0.05) is 28.8 Å². The highest BCUT2D eigenvalue weighted by molar-refractivity contribution is 6.36. The van der Waals surface area contributed by atoms with Crippen molar-refractivity contribution >= 4 is 34.8 Å². The van der Waals surface area contributed by atoms with Crippen LogP contribution in [0.25, 0.3) is 0 Å². The highest BCUT2D eigenvalue weighted by Gasteiger charge is 2.29. The number of hydrogen-bond acceptors (Lipinski definition) is 2. The minimum atomic E-state index is -0.157. The van der Waals surface area contributed by atoms with E-state index >= 15 is 0 Å². The molecule has 0 N–H and O–H groups in total. The molecule has 0 unspecified atom stereocenters. The molecule has 0 radical (unpaired) electrons. The number of halogens is 2. The van der Waals surface area contributed by atoms with Crippen molar-refractivity contribution in [2.45, 2.75) is 25.2 Å². The van der Waals surface area contributed by atoms with Gasteiger partial charge in [0.2, 0.25) is 0 Å². The molecule has 0 heterocycles. The molecule has 0 spiro atoms. The van der Waals surface area contributed by atoms with Crippen molar-refractivity contribution < 1.29 is 9.59 Å². The Hall–Kier alpha value is -0.860. The van der Waals surface area contributed by atoms with Crippen molar-refractivity contribution in [1.29, 1.82) is 0 Å². The minimum absolute atomic E-state index is 0.0303. The fraction of sp³-hybridized carbons (Fsp3) is 0.333. The number of carbonyl (C=O) groups is 2. The second-order valence-electron chi connectivity index (χ2n) is 3.99. The Morgan fingerprint density at radius 3 is 2.00 bits per heavy atom. The molecule has 1 aliphatic carbocycles. The highest BCUT2D eigenvalue weighted by atomic mass is 35.5. The summed E-state index contributed by atoms with van der Waals surface area (Å²) in [6.07, 6.45) is 0.767. The highest BCUT2D eigenvalue weighted by Crippen LogP contribution is 2.37. The lowest BCUT2D eigenvalue weighted by molar-refractivity contribution is -0.130. The van der Waals surface area contributed by atoms with E-state index in [1.165, 1.54) is 0 Å². The number of Topliss-reactive ketones (excluding diaryl/α,β-unsaturated/α-hetero) is 2. The molecule has 0 saturated heterocycles.